The molecular weight excluding hydrogens is 178 g/mol. The molecule has 1 amide bonds. The van der Waals surface area contributed by atoms with Crippen molar-refractivity contribution in [2.75, 3.05) is 0 Å². The first-order valence-electron chi connectivity index (χ1n) is 4.62. The Labute approximate surface area is 82.1 Å². The van der Waals surface area contributed by atoms with E-state index in [9.17, 15) is 9.59 Å². The molecule has 0 bridgehead atoms. The number of Topliss-reactive ketones (excluding diaryl/α,β-unsaturated/α-hetero) is 1. The summed E-state index contributed by atoms with van der Waals surface area (Å²) in [6.45, 7) is 0. The highest BCUT2D eigenvalue weighted by Crippen LogP contribution is 2.20. The molecule has 1 fully saturated rings. The number of ketones is 1. The van der Waals surface area contributed by atoms with Crippen molar-refractivity contribution in [3.8, 4) is 0 Å². The van der Waals surface area contributed by atoms with E-state index in [1.807, 2.05) is 30.3 Å². The van der Waals surface area contributed by atoms with Crippen molar-refractivity contribution in [2.24, 2.45) is 0 Å². The summed E-state index contributed by atoms with van der Waals surface area (Å²) in [5, 5.41) is 2.80. The van der Waals surface area contributed by atoms with Crippen molar-refractivity contribution in [1.29, 1.82) is 0 Å². The van der Waals surface area contributed by atoms with Crippen LogP contribution >= 0.6 is 0 Å². The largest absolute Gasteiger partial charge is 0.348 e. The molecule has 1 saturated heterocycles. The molecule has 0 aromatic heterocycles. The quantitative estimate of drug-likeness (QED) is 0.675. The van der Waals surface area contributed by atoms with E-state index in [0.717, 1.165) is 5.56 Å². The monoisotopic (exact) mass is 189 g/mol. The maximum Gasteiger partial charge on any atom is 0.227 e. The van der Waals surface area contributed by atoms with Crippen LogP contribution in [-0.2, 0) is 9.59 Å². The zero-order valence-corrected chi connectivity index (χ0v) is 7.69. The van der Waals surface area contributed by atoms with Gasteiger partial charge in [0.2, 0.25) is 5.91 Å². The molecule has 1 aromatic carbocycles. The summed E-state index contributed by atoms with van der Waals surface area (Å²) in [6, 6.07) is 9.43. The average Bonchev–Trinajstić information content (AvgIpc) is 2.18. The molecule has 1 atom stereocenters. The first-order chi connectivity index (χ1) is 6.75. The molecule has 72 valence electrons. The van der Waals surface area contributed by atoms with Gasteiger partial charge in [0.25, 0.3) is 0 Å². The molecule has 1 N–H and O–H groups in total. The maximum atomic E-state index is 11.2. The van der Waals surface area contributed by atoms with Crippen LogP contribution in [0.2, 0.25) is 0 Å². The number of piperidine rings is 1. The van der Waals surface area contributed by atoms with E-state index in [1.165, 1.54) is 0 Å². The van der Waals surface area contributed by atoms with Gasteiger partial charge in [0, 0.05) is 6.42 Å². The first kappa shape index (κ1) is 8.94. The van der Waals surface area contributed by atoms with E-state index >= 15 is 0 Å². The van der Waals surface area contributed by atoms with E-state index in [1.54, 1.807) is 0 Å². The van der Waals surface area contributed by atoms with Crippen LogP contribution < -0.4 is 5.32 Å². The van der Waals surface area contributed by atoms with Crippen molar-refractivity contribution < 1.29 is 9.59 Å². The number of hydrogen-bond acceptors (Lipinski definition) is 2. The Kier molecular flexibility index (Phi) is 2.31. The smallest absolute Gasteiger partial charge is 0.227 e. The number of amides is 1. The Morgan fingerprint density at radius 3 is 2.50 bits per heavy atom. The second-order valence-electron chi connectivity index (χ2n) is 3.45. The van der Waals surface area contributed by atoms with Crippen molar-refractivity contribution >= 4 is 11.7 Å². The Balaban J connectivity index is 2.19. The van der Waals surface area contributed by atoms with Crippen molar-refractivity contribution in [2.45, 2.75) is 18.9 Å². The van der Waals surface area contributed by atoms with Gasteiger partial charge in [0.1, 0.15) is 5.78 Å². The molecule has 0 spiro atoms. The zero-order chi connectivity index (χ0) is 9.97. The van der Waals surface area contributed by atoms with Gasteiger partial charge in [0.05, 0.1) is 12.5 Å². The number of carbonyl (C=O) groups is 2. The van der Waals surface area contributed by atoms with Gasteiger partial charge in [-0.05, 0) is 5.56 Å². The molecule has 3 nitrogen and oxygen atoms in total. The molecule has 14 heavy (non-hydrogen) atoms. The highest BCUT2D eigenvalue weighted by atomic mass is 16.2. The van der Waals surface area contributed by atoms with Gasteiger partial charge in [-0.1, -0.05) is 30.3 Å². The molecule has 0 saturated carbocycles. The van der Waals surface area contributed by atoms with Crippen molar-refractivity contribution in [3.05, 3.63) is 35.9 Å². The summed E-state index contributed by atoms with van der Waals surface area (Å²) in [6.07, 6.45) is 0.444. The van der Waals surface area contributed by atoms with Gasteiger partial charge in [0.15, 0.2) is 0 Å². The van der Waals surface area contributed by atoms with Crippen molar-refractivity contribution in [1.82, 2.24) is 5.32 Å². The Hall–Kier alpha value is -1.64. The second kappa shape index (κ2) is 3.62. The SMILES string of the molecule is O=C1CC(=O)N[C@H](c2ccccc2)C1. The lowest BCUT2D eigenvalue weighted by Crippen LogP contribution is -2.36. The highest BCUT2D eigenvalue weighted by molar-refractivity contribution is 6.00. The number of nitrogens with one attached hydrogen (secondary N) is 1. The topological polar surface area (TPSA) is 46.2 Å². The summed E-state index contributed by atoms with van der Waals surface area (Å²) in [7, 11) is 0. The Morgan fingerprint density at radius 2 is 1.86 bits per heavy atom. The molecule has 0 unspecified atom stereocenters. The molecule has 1 heterocycles. The Bertz CT molecular complexity index is 343. The number of hydrogen-bond donors (Lipinski definition) is 1. The van der Waals surface area contributed by atoms with Gasteiger partial charge in [-0.25, -0.2) is 0 Å². The van der Waals surface area contributed by atoms with E-state index < -0.39 is 0 Å². The van der Waals surface area contributed by atoms with Crippen LogP contribution in [0.4, 0.5) is 0 Å². The molecule has 1 aliphatic heterocycles. The minimum absolute atomic E-state index is 0.0163. The molecule has 0 radical (unpaired) electrons. The molecule has 1 aliphatic rings. The van der Waals surface area contributed by atoms with E-state index in [2.05, 4.69) is 5.32 Å². The molecular formula is C11H11NO2. The Morgan fingerprint density at radius 1 is 1.14 bits per heavy atom. The van der Waals surface area contributed by atoms with Gasteiger partial charge >= 0.3 is 0 Å². The van der Waals surface area contributed by atoms with Crippen LogP contribution in [0.3, 0.4) is 0 Å². The van der Waals surface area contributed by atoms with Gasteiger partial charge in [-0.3, -0.25) is 9.59 Å². The third-order valence-corrected chi connectivity index (χ3v) is 2.33. The van der Waals surface area contributed by atoms with E-state index in [0.29, 0.717) is 6.42 Å². The third kappa shape index (κ3) is 1.82. The molecule has 1 aromatic rings. The van der Waals surface area contributed by atoms with E-state index in [4.69, 9.17) is 0 Å². The van der Waals surface area contributed by atoms with Crippen LogP contribution in [-0.4, -0.2) is 11.7 Å². The van der Waals surface area contributed by atoms with Crippen LogP contribution in [0.25, 0.3) is 0 Å². The summed E-state index contributed by atoms with van der Waals surface area (Å²) >= 11 is 0. The summed E-state index contributed by atoms with van der Waals surface area (Å²) in [5.74, 6) is -0.155. The number of carbonyl (C=O) groups excluding carboxylic acids is 2. The van der Waals surface area contributed by atoms with Crippen LogP contribution in [0.1, 0.15) is 24.4 Å². The minimum Gasteiger partial charge on any atom is -0.348 e. The van der Waals surface area contributed by atoms with Crippen molar-refractivity contribution in [3.63, 3.8) is 0 Å². The molecule has 2 rings (SSSR count). The van der Waals surface area contributed by atoms with Crippen LogP contribution in [0, 0.1) is 0 Å². The number of benzene rings is 1. The lowest BCUT2D eigenvalue weighted by atomic mass is 9.96. The average molecular weight is 189 g/mol. The predicted octanol–water partition coefficient (Wildman–Crippen LogP) is 1.21. The standard InChI is InChI=1S/C11H11NO2/c13-9-6-10(12-11(14)7-9)8-4-2-1-3-5-8/h1-5,10H,6-7H2,(H,12,14)/t10-/m0/s1. The van der Waals surface area contributed by atoms with E-state index in [-0.39, 0.29) is 24.2 Å². The summed E-state index contributed by atoms with van der Waals surface area (Å²) in [4.78, 5) is 22.3. The predicted molar refractivity (Wildman–Crippen MR) is 51.6 cm³/mol. The maximum absolute atomic E-state index is 11.2. The lowest BCUT2D eigenvalue weighted by molar-refractivity contribution is -0.132. The fraction of sp³-hybridized carbons (Fsp3) is 0.273. The summed E-state index contributed by atoms with van der Waals surface area (Å²) < 4.78 is 0. The fourth-order valence-corrected chi connectivity index (χ4v) is 1.66. The normalized spacial score (nSPS) is 21.9. The lowest BCUT2D eigenvalue weighted by Gasteiger charge is -2.22. The minimum atomic E-state index is -0.171. The fourth-order valence-electron chi connectivity index (χ4n) is 1.66. The molecule has 0 aliphatic carbocycles. The molecule has 3 heteroatoms. The van der Waals surface area contributed by atoms with Crippen LogP contribution in [0.15, 0.2) is 30.3 Å². The van der Waals surface area contributed by atoms with Gasteiger partial charge in [-0.2, -0.15) is 0 Å². The second-order valence-corrected chi connectivity index (χ2v) is 3.45. The highest BCUT2D eigenvalue weighted by Gasteiger charge is 2.24. The zero-order valence-electron chi connectivity index (χ0n) is 7.69. The van der Waals surface area contributed by atoms with Gasteiger partial charge in [-0.15, -0.1) is 0 Å². The third-order valence-electron chi connectivity index (χ3n) is 2.33. The summed E-state index contributed by atoms with van der Waals surface area (Å²) in [5.41, 5.74) is 0.994. The van der Waals surface area contributed by atoms with Gasteiger partial charge < -0.3 is 5.32 Å². The van der Waals surface area contributed by atoms with Crippen LogP contribution in [0.5, 0.6) is 0 Å². The first-order valence-corrected chi connectivity index (χ1v) is 4.62. The number of rotatable bonds is 1.